The number of hydrogen-bond donors (Lipinski definition) is 1. The topological polar surface area (TPSA) is 32.7 Å². The maximum atomic E-state index is 11.6. The summed E-state index contributed by atoms with van der Waals surface area (Å²) in [4.78, 5) is 2.17. The van der Waals surface area contributed by atoms with Crippen LogP contribution in [0.15, 0.2) is 36.9 Å². The molecule has 22 heavy (non-hydrogen) atoms. The van der Waals surface area contributed by atoms with Crippen LogP contribution in [0, 0.1) is 11.8 Å². The first-order valence-electron chi connectivity index (χ1n) is 8.19. The molecule has 3 unspecified atom stereocenters. The van der Waals surface area contributed by atoms with Gasteiger partial charge in [0, 0.05) is 12.5 Å². The normalized spacial score (nSPS) is 28.6. The first kappa shape index (κ1) is 17.0. The zero-order valence-corrected chi connectivity index (χ0v) is 14.1. The molecule has 3 heteroatoms. The Labute approximate surface area is 134 Å². The van der Waals surface area contributed by atoms with Crippen LogP contribution in [-0.2, 0) is 5.60 Å². The first-order valence-corrected chi connectivity index (χ1v) is 8.19. The van der Waals surface area contributed by atoms with E-state index in [0.717, 1.165) is 30.7 Å². The van der Waals surface area contributed by atoms with E-state index in [4.69, 9.17) is 4.74 Å². The van der Waals surface area contributed by atoms with Gasteiger partial charge in [0.05, 0.1) is 5.60 Å². The van der Waals surface area contributed by atoms with Gasteiger partial charge in [0.15, 0.2) is 0 Å². The highest BCUT2D eigenvalue weighted by molar-refractivity contribution is 5.34. The fourth-order valence-corrected chi connectivity index (χ4v) is 3.69. The smallest absolute Gasteiger partial charge is 0.120 e. The van der Waals surface area contributed by atoms with E-state index in [9.17, 15) is 5.11 Å². The number of hydrogen-bond acceptors (Lipinski definition) is 3. The lowest BCUT2D eigenvalue weighted by atomic mass is 9.65. The average Bonchev–Trinajstić information content (AvgIpc) is 2.50. The van der Waals surface area contributed by atoms with Crippen LogP contribution in [0.2, 0.25) is 0 Å². The van der Waals surface area contributed by atoms with Gasteiger partial charge < -0.3 is 14.7 Å². The summed E-state index contributed by atoms with van der Waals surface area (Å²) in [5, 5.41) is 11.6. The number of benzene rings is 1. The molecule has 1 saturated carbocycles. The summed E-state index contributed by atoms with van der Waals surface area (Å²) in [6, 6.07) is 7.93. The van der Waals surface area contributed by atoms with Crippen molar-refractivity contribution in [2.75, 3.05) is 27.2 Å². The number of ether oxygens (including phenoxy) is 1. The van der Waals surface area contributed by atoms with Gasteiger partial charge in [-0.25, -0.2) is 0 Å². The van der Waals surface area contributed by atoms with Gasteiger partial charge in [-0.2, -0.15) is 0 Å². The van der Waals surface area contributed by atoms with Crippen LogP contribution in [0.3, 0.4) is 0 Å². The quantitative estimate of drug-likeness (QED) is 0.817. The molecular formula is C19H29NO2. The lowest BCUT2D eigenvalue weighted by Crippen LogP contribution is -2.47. The second kappa shape index (κ2) is 7.30. The van der Waals surface area contributed by atoms with Gasteiger partial charge in [-0.3, -0.25) is 0 Å². The summed E-state index contributed by atoms with van der Waals surface area (Å²) in [6.07, 6.45) is 5.06. The highest BCUT2D eigenvalue weighted by Gasteiger charge is 2.45. The van der Waals surface area contributed by atoms with Crippen LogP contribution in [-0.4, -0.2) is 37.3 Å². The zero-order chi connectivity index (χ0) is 16.2. The van der Waals surface area contributed by atoms with E-state index < -0.39 is 5.60 Å². The Morgan fingerprint density at radius 1 is 1.41 bits per heavy atom. The maximum Gasteiger partial charge on any atom is 0.120 e. The standard InChI is InChI=1S/C19H29NO2/c1-5-12-22-18-11-7-9-16(13-18)19(21)15(2)8-6-10-17(19)14-20(3)4/h5,7,9,11,13,15,17,21H,1,6,8,10,12,14H2,2-4H3. The van der Waals surface area contributed by atoms with E-state index in [1.165, 1.54) is 6.42 Å². The predicted octanol–water partition coefficient (Wildman–Crippen LogP) is 3.44. The van der Waals surface area contributed by atoms with Crippen LogP contribution in [0.4, 0.5) is 0 Å². The average molecular weight is 303 g/mol. The summed E-state index contributed by atoms with van der Waals surface area (Å²) in [6.45, 7) is 7.23. The number of aliphatic hydroxyl groups is 1. The molecule has 0 spiro atoms. The molecule has 1 aromatic rings. The Morgan fingerprint density at radius 2 is 2.18 bits per heavy atom. The molecule has 3 nitrogen and oxygen atoms in total. The third-order valence-corrected chi connectivity index (χ3v) is 4.81. The minimum Gasteiger partial charge on any atom is -0.490 e. The molecule has 0 amide bonds. The van der Waals surface area contributed by atoms with Crippen molar-refractivity contribution in [1.29, 1.82) is 0 Å². The van der Waals surface area contributed by atoms with E-state index >= 15 is 0 Å². The highest BCUT2D eigenvalue weighted by Crippen LogP contribution is 2.46. The molecule has 1 aliphatic carbocycles. The minimum atomic E-state index is -0.782. The molecule has 3 atom stereocenters. The fraction of sp³-hybridized carbons (Fsp3) is 0.579. The molecule has 0 radical (unpaired) electrons. The largest absolute Gasteiger partial charge is 0.490 e. The molecule has 1 aliphatic rings. The summed E-state index contributed by atoms with van der Waals surface area (Å²) in [7, 11) is 4.15. The van der Waals surface area contributed by atoms with Gasteiger partial charge >= 0.3 is 0 Å². The van der Waals surface area contributed by atoms with E-state index in [1.54, 1.807) is 6.08 Å². The van der Waals surface area contributed by atoms with Gasteiger partial charge in [0.2, 0.25) is 0 Å². The lowest BCUT2D eigenvalue weighted by molar-refractivity contribution is -0.102. The third kappa shape index (κ3) is 3.53. The molecule has 122 valence electrons. The van der Waals surface area contributed by atoms with Crippen molar-refractivity contribution in [3.63, 3.8) is 0 Å². The molecular weight excluding hydrogens is 274 g/mol. The maximum absolute atomic E-state index is 11.6. The van der Waals surface area contributed by atoms with Crippen molar-refractivity contribution in [2.24, 2.45) is 11.8 Å². The Balaban J connectivity index is 2.33. The van der Waals surface area contributed by atoms with Gasteiger partial charge in [0.25, 0.3) is 0 Å². The van der Waals surface area contributed by atoms with E-state index in [0.29, 0.717) is 6.61 Å². The Hall–Kier alpha value is -1.32. The van der Waals surface area contributed by atoms with E-state index in [2.05, 4.69) is 32.5 Å². The Kier molecular flexibility index (Phi) is 5.65. The van der Waals surface area contributed by atoms with E-state index in [-0.39, 0.29) is 11.8 Å². The minimum absolute atomic E-state index is 0.251. The van der Waals surface area contributed by atoms with Crippen LogP contribution >= 0.6 is 0 Å². The molecule has 0 heterocycles. The van der Waals surface area contributed by atoms with Gasteiger partial charge in [0.1, 0.15) is 12.4 Å². The molecule has 1 fully saturated rings. The third-order valence-electron chi connectivity index (χ3n) is 4.81. The van der Waals surface area contributed by atoms with Crippen LogP contribution in [0.1, 0.15) is 31.7 Å². The van der Waals surface area contributed by atoms with Gasteiger partial charge in [-0.1, -0.05) is 38.1 Å². The zero-order valence-electron chi connectivity index (χ0n) is 14.1. The molecule has 0 bridgehead atoms. The van der Waals surface area contributed by atoms with Crippen LogP contribution < -0.4 is 4.74 Å². The molecule has 0 aliphatic heterocycles. The molecule has 1 N–H and O–H groups in total. The second-order valence-corrected chi connectivity index (χ2v) is 6.74. The van der Waals surface area contributed by atoms with Crippen LogP contribution in [0.5, 0.6) is 5.75 Å². The Bertz CT molecular complexity index is 500. The molecule has 1 aromatic carbocycles. The summed E-state index contributed by atoms with van der Waals surface area (Å²) in [5.74, 6) is 1.30. The second-order valence-electron chi connectivity index (χ2n) is 6.74. The van der Waals surface area contributed by atoms with Gasteiger partial charge in [-0.05, 0) is 50.6 Å². The molecule has 0 aromatic heterocycles. The fourth-order valence-electron chi connectivity index (χ4n) is 3.69. The van der Waals surface area contributed by atoms with Crippen molar-refractivity contribution in [1.82, 2.24) is 4.90 Å². The number of rotatable bonds is 6. The Morgan fingerprint density at radius 3 is 2.86 bits per heavy atom. The van der Waals surface area contributed by atoms with Crippen molar-refractivity contribution >= 4 is 0 Å². The highest BCUT2D eigenvalue weighted by atomic mass is 16.5. The predicted molar refractivity (Wildman–Crippen MR) is 91.1 cm³/mol. The van der Waals surface area contributed by atoms with Crippen molar-refractivity contribution in [3.05, 3.63) is 42.5 Å². The first-order chi connectivity index (χ1) is 10.5. The van der Waals surface area contributed by atoms with Crippen LogP contribution in [0.25, 0.3) is 0 Å². The monoisotopic (exact) mass is 303 g/mol. The summed E-state index contributed by atoms with van der Waals surface area (Å²) < 4.78 is 5.64. The molecule has 0 saturated heterocycles. The summed E-state index contributed by atoms with van der Waals surface area (Å²) >= 11 is 0. The number of nitrogens with zero attached hydrogens (tertiary/aromatic N) is 1. The van der Waals surface area contributed by atoms with Gasteiger partial charge in [-0.15, -0.1) is 0 Å². The lowest BCUT2D eigenvalue weighted by Gasteiger charge is -2.46. The molecule has 2 rings (SSSR count). The van der Waals surface area contributed by atoms with Crippen molar-refractivity contribution < 1.29 is 9.84 Å². The van der Waals surface area contributed by atoms with E-state index in [1.807, 2.05) is 24.3 Å². The van der Waals surface area contributed by atoms with Crippen molar-refractivity contribution in [2.45, 2.75) is 31.8 Å². The SMILES string of the molecule is C=CCOc1cccc(C2(O)C(C)CCCC2CN(C)C)c1. The van der Waals surface area contributed by atoms with Crippen molar-refractivity contribution in [3.8, 4) is 5.75 Å². The summed E-state index contributed by atoms with van der Waals surface area (Å²) in [5.41, 5.74) is 0.198.